The Labute approximate surface area is 86.9 Å². The van der Waals surface area contributed by atoms with E-state index in [1.165, 1.54) is 0 Å². The zero-order chi connectivity index (χ0) is 8.23. The van der Waals surface area contributed by atoms with Gasteiger partial charge in [-0.15, -0.1) is 0 Å². The predicted molar refractivity (Wildman–Crippen MR) is 43.6 cm³/mol. The average molecular weight is 238 g/mol. The molecular formula is C9H8BrN3. The van der Waals surface area contributed by atoms with Crippen LogP contribution in [0, 0.1) is 0 Å². The van der Waals surface area contributed by atoms with Crippen LogP contribution in [0.4, 0.5) is 0 Å². The Morgan fingerprint density at radius 2 is 1.46 bits per heavy atom. The third kappa shape index (κ3) is 2.32. The monoisotopic (exact) mass is 237 g/mol. The van der Waals surface area contributed by atoms with Crippen molar-refractivity contribution in [1.29, 1.82) is 0 Å². The van der Waals surface area contributed by atoms with E-state index >= 15 is 0 Å². The molecule has 0 aliphatic heterocycles. The molecule has 2 heterocycles. The molecule has 66 valence electrons. The zero-order valence-corrected chi connectivity index (χ0v) is 8.42. The van der Waals surface area contributed by atoms with Crippen LogP contribution in [0.15, 0.2) is 49.1 Å². The van der Waals surface area contributed by atoms with Crippen LogP contribution in [-0.2, 0) is 0 Å². The summed E-state index contributed by atoms with van der Waals surface area (Å²) in [5.74, 6) is 0.693. The van der Waals surface area contributed by atoms with Gasteiger partial charge in [-0.25, -0.2) is 4.57 Å². The van der Waals surface area contributed by atoms with E-state index in [0.29, 0.717) is 5.95 Å². The lowest BCUT2D eigenvalue weighted by molar-refractivity contribution is -0.603. The number of aromatic nitrogens is 3. The van der Waals surface area contributed by atoms with Crippen molar-refractivity contribution in [1.82, 2.24) is 9.97 Å². The minimum absolute atomic E-state index is 0. The van der Waals surface area contributed by atoms with Crippen LogP contribution in [0.25, 0.3) is 5.95 Å². The first kappa shape index (κ1) is 9.80. The highest BCUT2D eigenvalue weighted by molar-refractivity contribution is 4.95. The molecule has 0 amide bonds. The normalized spacial score (nSPS) is 8.92. The minimum Gasteiger partial charge on any atom is -1.00 e. The molecule has 0 unspecified atom stereocenters. The van der Waals surface area contributed by atoms with Gasteiger partial charge in [-0.3, -0.25) is 0 Å². The van der Waals surface area contributed by atoms with Crippen molar-refractivity contribution >= 4 is 0 Å². The SMILES string of the molecule is [Br-].c1cc[n+](-c2ncccn2)cc1. The Morgan fingerprint density at radius 1 is 0.846 bits per heavy atom. The van der Waals surface area contributed by atoms with E-state index in [1.807, 2.05) is 35.2 Å². The van der Waals surface area contributed by atoms with Crippen LogP contribution in [-0.4, -0.2) is 9.97 Å². The van der Waals surface area contributed by atoms with Crippen molar-refractivity contribution in [2.24, 2.45) is 0 Å². The van der Waals surface area contributed by atoms with Crippen molar-refractivity contribution in [3.8, 4) is 5.95 Å². The van der Waals surface area contributed by atoms with E-state index in [2.05, 4.69) is 9.97 Å². The van der Waals surface area contributed by atoms with Gasteiger partial charge in [0, 0.05) is 6.07 Å². The molecule has 3 nitrogen and oxygen atoms in total. The quantitative estimate of drug-likeness (QED) is 0.526. The van der Waals surface area contributed by atoms with Crippen LogP contribution < -0.4 is 21.5 Å². The number of halogens is 1. The van der Waals surface area contributed by atoms with Gasteiger partial charge in [0.05, 0.1) is 12.4 Å². The number of nitrogens with zero attached hydrogens (tertiary/aromatic N) is 3. The molecule has 0 bridgehead atoms. The Balaban J connectivity index is 0.000000845. The first-order valence-corrected chi connectivity index (χ1v) is 3.70. The lowest BCUT2D eigenvalue weighted by atomic mass is 10.5. The van der Waals surface area contributed by atoms with E-state index in [0.717, 1.165) is 0 Å². The molecular weight excluding hydrogens is 230 g/mol. The van der Waals surface area contributed by atoms with Crippen molar-refractivity contribution in [3.05, 3.63) is 49.1 Å². The van der Waals surface area contributed by atoms with Crippen molar-refractivity contribution in [2.75, 3.05) is 0 Å². The summed E-state index contributed by atoms with van der Waals surface area (Å²) in [5, 5.41) is 0. The summed E-state index contributed by atoms with van der Waals surface area (Å²) in [6.07, 6.45) is 7.27. The summed E-state index contributed by atoms with van der Waals surface area (Å²) >= 11 is 0. The average Bonchev–Trinajstić information content (AvgIpc) is 2.21. The molecule has 4 heteroatoms. The maximum Gasteiger partial charge on any atom is 0.437 e. The first-order valence-electron chi connectivity index (χ1n) is 3.70. The third-order valence-corrected chi connectivity index (χ3v) is 1.50. The van der Waals surface area contributed by atoms with Gasteiger partial charge in [-0.05, 0) is 12.1 Å². The van der Waals surface area contributed by atoms with E-state index in [1.54, 1.807) is 18.5 Å². The van der Waals surface area contributed by atoms with Crippen molar-refractivity contribution in [3.63, 3.8) is 0 Å². The van der Waals surface area contributed by atoms with Gasteiger partial charge >= 0.3 is 5.95 Å². The lowest BCUT2D eigenvalue weighted by Crippen LogP contribution is -3.00. The summed E-state index contributed by atoms with van der Waals surface area (Å²) in [6, 6.07) is 7.64. The van der Waals surface area contributed by atoms with E-state index < -0.39 is 0 Å². The minimum atomic E-state index is 0. The summed E-state index contributed by atoms with van der Waals surface area (Å²) in [4.78, 5) is 8.20. The summed E-state index contributed by atoms with van der Waals surface area (Å²) in [6.45, 7) is 0. The number of hydrogen-bond acceptors (Lipinski definition) is 2. The lowest BCUT2D eigenvalue weighted by Gasteiger charge is -1.91. The molecule has 13 heavy (non-hydrogen) atoms. The number of rotatable bonds is 1. The molecule has 0 saturated carbocycles. The fourth-order valence-corrected chi connectivity index (χ4v) is 0.957. The van der Waals surface area contributed by atoms with Crippen LogP contribution in [0.5, 0.6) is 0 Å². The second-order valence-electron chi connectivity index (χ2n) is 2.33. The summed E-state index contributed by atoms with van der Waals surface area (Å²) in [5.41, 5.74) is 0. The van der Waals surface area contributed by atoms with Crippen LogP contribution in [0.1, 0.15) is 0 Å². The zero-order valence-electron chi connectivity index (χ0n) is 6.84. The molecule has 0 aliphatic carbocycles. The van der Waals surface area contributed by atoms with Crippen LogP contribution in [0.2, 0.25) is 0 Å². The van der Waals surface area contributed by atoms with Gasteiger partial charge in [-0.1, -0.05) is 16.0 Å². The topological polar surface area (TPSA) is 29.7 Å². The largest absolute Gasteiger partial charge is 1.00 e. The molecule has 0 aliphatic rings. The maximum absolute atomic E-state index is 4.10. The molecule has 2 rings (SSSR count). The van der Waals surface area contributed by atoms with Crippen molar-refractivity contribution in [2.45, 2.75) is 0 Å². The fraction of sp³-hybridized carbons (Fsp3) is 0. The Kier molecular flexibility index (Phi) is 3.52. The molecule has 0 fully saturated rings. The third-order valence-electron chi connectivity index (χ3n) is 1.50. The molecule has 0 radical (unpaired) electrons. The van der Waals surface area contributed by atoms with Gasteiger partial charge in [0.15, 0.2) is 0 Å². The maximum atomic E-state index is 4.10. The Bertz CT molecular complexity index is 312. The van der Waals surface area contributed by atoms with Gasteiger partial charge in [0.2, 0.25) is 0 Å². The highest BCUT2D eigenvalue weighted by atomic mass is 79.9. The van der Waals surface area contributed by atoms with Gasteiger partial charge in [0.25, 0.3) is 0 Å². The smallest absolute Gasteiger partial charge is 0.437 e. The van der Waals surface area contributed by atoms with E-state index in [9.17, 15) is 0 Å². The number of pyridine rings is 1. The van der Waals surface area contributed by atoms with Crippen molar-refractivity contribution < 1.29 is 21.5 Å². The second-order valence-corrected chi connectivity index (χ2v) is 2.33. The molecule has 2 aromatic rings. The van der Waals surface area contributed by atoms with Gasteiger partial charge in [-0.2, -0.15) is 0 Å². The summed E-state index contributed by atoms with van der Waals surface area (Å²) in [7, 11) is 0. The summed E-state index contributed by atoms with van der Waals surface area (Å²) < 4.78 is 1.86. The standard InChI is InChI=1S/C9H8N3.BrH/c1-2-7-12(8-3-1)9-10-5-4-6-11-9;/h1-8H;1H/q+1;/p-1. The van der Waals surface area contributed by atoms with E-state index in [4.69, 9.17) is 0 Å². The highest BCUT2D eigenvalue weighted by Crippen LogP contribution is 1.85. The predicted octanol–water partition coefficient (Wildman–Crippen LogP) is -2.24. The van der Waals surface area contributed by atoms with Gasteiger partial charge < -0.3 is 17.0 Å². The van der Waals surface area contributed by atoms with Gasteiger partial charge in [0.1, 0.15) is 12.4 Å². The fourth-order valence-electron chi connectivity index (χ4n) is 0.957. The van der Waals surface area contributed by atoms with Crippen LogP contribution in [0.3, 0.4) is 0 Å². The number of hydrogen-bond donors (Lipinski definition) is 0. The molecule has 0 atom stereocenters. The molecule has 0 spiro atoms. The van der Waals surface area contributed by atoms with E-state index in [-0.39, 0.29) is 17.0 Å². The molecule has 0 saturated heterocycles. The molecule has 0 aromatic carbocycles. The highest BCUT2D eigenvalue weighted by Gasteiger charge is 2.04. The van der Waals surface area contributed by atoms with Crippen LogP contribution >= 0.6 is 0 Å². The molecule has 0 N–H and O–H groups in total. The molecule has 2 aromatic heterocycles. The second kappa shape index (κ2) is 4.67. The Hall–Kier alpha value is -1.29. The first-order chi connectivity index (χ1) is 5.97. The Morgan fingerprint density at radius 3 is 2.08 bits per heavy atom.